The van der Waals surface area contributed by atoms with Crippen LogP contribution < -0.4 is 4.74 Å². The topological polar surface area (TPSA) is 45.6 Å². The standard InChI is InChI=1S/C27H30N2O2/c1-31-25-9-4-6-22(16-25)21-13-11-20(12-14-21)17-29-18-23-7-5-8-24(19-29)27(23,30)26-10-2-3-15-28-26/h2-4,6,9-16,23-24,30H,5,7-8,17-19H2,1H3. The van der Waals surface area contributed by atoms with Gasteiger partial charge in [0, 0.05) is 37.7 Å². The van der Waals surface area contributed by atoms with Crippen molar-refractivity contribution in [3.63, 3.8) is 0 Å². The molecule has 0 amide bonds. The summed E-state index contributed by atoms with van der Waals surface area (Å²) < 4.78 is 5.35. The highest BCUT2D eigenvalue weighted by Crippen LogP contribution is 2.48. The molecule has 2 bridgehead atoms. The number of methoxy groups -OCH3 is 1. The summed E-state index contributed by atoms with van der Waals surface area (Å²) in [5.74, 6) is 1.36. The van der Waals surface area contributed by atoms with Crippen molar-refractivity contribution in [2.24, 2.45) is 11.8 Å². The summed E-state index contributed by atoms with van der Waals surface area (Å²) in [5, 5.41) is 11.7. The first kappa shape index (κ1) is 20.2. The summed E-state index contributed by atoms with van der Waals surface area (Å²) in [6.45, 7) is 2.76. The van der Waals surface area contributed by atoms with E-state index in [9.17, 15) is 5.11 Å². The summed E-state index contributed by atoms with van der Waals surface area (Å²) in [5.41, 5.74) is 3.74. The van der Waals surface area contributed by atoms with Crippen molar-refractivity contribution in [2.75, 3.05) is 20.2 Å². The molecule has 2 aliphatic rings. The molecule has 1 saturated carbocycles. The third-order valence-corrected chi connectivity index (χ3v) is 7.15. The first-order valence-corrected chi connectivity index (χ1v) is 11.3. The van der Waals surface area contributed by atoms with Crippen LogP contribution in [0.4, 0.5) is 0 Å². The summed E-state index contributed by atoms with van der Waals surface area (Å²) in [6.07, 6.45) is 5.14. The third-order valence-electron chi connectivity index (χ3n) is 7.15. The van der Waals surface area contributed by atoms with Crippen molar-refractivity contribution in [3.8, 4) is 16.9 Å². The van der Waals surface area contributed by atoms with E-state index in [2.05, 4.69) is 46.3 Å². The molecule has 1 N–H and O–H groups in total. The van der Waals surface area contributed by atoms with Crippen molar-refractivity contribution in [2.45, 2.75) is 31.4 Å². The molecule has 0 radical (unpaired) electrons. The van der Waals surface area contributed by atoms with Crippen molar-refractivity contribution in [1.82, 2.24) is 9.88 Å². The third kappa shape index (κ3) is 3.86. The zero-order valence-corrected chi connectivity index (χ0v) is 18.1. The number of rotatable bonds is 5. The van der Waals surface area contributed by atoms with E-state index in [1.165, 1.54) is 23.1 Å². The van der Waals surface area contributed by atoms with E-state index in [0.717, 1.165) is 43.9 Å². The fourth-order valence-corrected chi connectivity index (χ4v) is 5.55. The first-order chi connectivity index (χ1) is 15.2. The Morgan fingerprint density at radius 1 is 0.968 bits per heavy atom. The smallest absolute Gasteiger partial charge is 0.119 e. The van der Waals surface area contributed by atoms with Gasteiger partial charge in [-0.15, -0.1) is 0 Å². The highest BCUT2D eigenvalue weighted by Gasteiger charge is 2.52. The zero-order valence-electron chi connectivity index (χ0n) is 18.1. The van der Waals surface area contributed by atoms with Crippen LogP contribution in [0.25, 0.3) is 11.1 Å². The van der Waals surface area contributed by atoms with Gasteiger partial charge in [-0.2, -0.15) is 0 Å². The van der Waals surface area contributed by atoms with Crippen molar-refractivity contribution in [3.05, 3.63) is 84.2 Å². The largest absolute Gasteiger partial charge is 0.497 e. The minimum Gasteiger partial charge on any atom is -0.497 e. The summed E-state index contributed by atoms with van der Waals surface area (Å²) in [7, 11) is 1.70. The lowest BCUT2D eigenvalue weighted by atomic mass is 9.64. The molecule has 2 atom stereocenters. The number of piperidine rings is 1. The number of nitrogens with zero attached hydrogens (tertiary/aromatic N) is 2. The first-order valence-electron chi connectivity index (χ1n) is 11.3. The maximum Gasteiger partial charge on any atom is 0.119 e. The number of ether oxygens (including phenoxy) is 1. The van der Waals surface area contributed by atoms with Crippen LogP contribution in [-0.4, -0.2) is 35.2 Å². The number of hydrogen-bond acceptors (Lipinski definition) is 4. The maximum atomic E-state index is 11.7. The van der Waals surface area contributed by atoms with E-state index in [1.54, 1.807) is 13.3 Å². The van der Waals surface area contributed by atoms with Crippen LogP contribution in [0.1, 0.15) is 30.5 Å². The Hall–Kier alpha value is -2.69. The second kappa shape index (κ2) is 8.45. The average molecular weight is 415 g/mol. The van der Waals surface area contributed by atoms with Gasteiger partial charge in [-0.3, -0.25) is 9.88 Å². The second-order valence-corrected chi connectivity index (χ2v) is 8.99. The summed E-state index contributed by atoms with van der Waals surface area (Å²) in [6, 6.07) is 22.9. The molecule has 160 valence electrons. The van der Waals surface area contributed by atoms with Gasteiger partial charge in [-0.25, -0.2) is 0 Å². The molecular weight excluding hydrogens is 384 g/mol. The van der Waals surface area contributed by atoms with E-state index < -0.39 is 5.60 Å². The number of aromatic nitrogens is 1. The van der Waals surface area contributed by atoms with E-state index in [1.807, 2.05) is 30.3 Å². The molecule has 5 rings (SSSR count). The minimum absolute atomic E-state index is 0.242. The quantitative estimate of drug-likeness (QED) is 0.647. The van der Waals surface area contributed by atoms with Crippen LogP contribution in [0.5, 0.6) is 5.75 Å². The van der Waals surface area contributed by atoms with Gasteiger partial charge in [0.1, 0.15) is 11.4 Å². The van der Waals surface area contributed by atoms with Crippen LogP contribution in [0.2, 0.25) is 0 Å². The van der Waals surface area contributed by atoms with Crippen molar-refractivity contribution in [1.29, 1.82) is 0 Å². The lowest BCUT2D eigenvalue weighted by Gasteiger charge is -2.52. The molecule has 1 aromatic heterocycles. The molecule has 1 aliphatic heterocycles. The molecule has 2 unspecified atom stereocenters. The van der Waals surface area contributed by atoms with Crippen LogP contribution in [0.15, 0.2) is 72.9 Å². The Labute approximate surface area is 184 Å². The van der Waals surface area contributed by atoms with Crippen LogP contribution in [0.3, 0.4) is 0 Å². The second-order valence-electron chi connectivity index (χ2n) is 8.99. The van der Waals surface area contributed by atoms with Gasteiger partial charge in [-0.1, -0.05) is 48.9 Å². The van der Waals surface area contributed by atoms with Crippen LogP contribution in [0, 0.1) is 11.8 Å². The van der Waals surface area contributed by atoms with E-state index in [0.29, 0.717) is 0 Å². The van der Waals surface area contributed by atoms with Crippen LogP contribution in [-0.2, 0) is 12.1 Å². The highest BCUT2D eigenvalue weighted by atomic mass is 16.5. The zero-order chi connectivity index (χ0) is 21.3. The fourth-order valence-electron chi connectivity index (χ4n) is 5.55. The number of hydrogen-bond donors (Lipinski definition) is 1. The van der Waals surface area contributed by atoms with E-state index >= 15 is 0 Å². The SMILES string of the molecule is COc1cccc(-c2ccc(CN3CC4CCCC(C3)C4(O)c3ccccn3)cc2)c1. The molecule has 1 aliphatic carbocycles. The fraction of sp³-hybridized carbons (Fsp3) is 0.370. The maximum absolute atomic E-state index is 11.7. The predicted octanol–water partition coefficient (Wildman–Crippen LogP) is 4.88. The lowest BCUT2D eigenvalue weighted by Crippen LogP contribution is -2.58. The Morgan fingerprint density at radius 2 is 1.74 bits per heavy atom. The number of benzene rings is 2. The average Bonchev–Trinajstić information content (AvgIpc) is 2.81. The number of likely N-dealkylation sites (tertiary alicyclic amines) is 1. The van der Waals surface area contributed by atoms with Gasteiger partial charge in [0.2, 0.25) is 0 Å². The van der Waals surface area contributed by atoms with Gasteiger partial charge in [0.25, 0.3) is 0 Å². The Balaban J connectivity index is 1.31. The Morgan fingerprint density at radius 3 is 2.42 bits per heavy atom. The molecule has 4 heteroatoms. The molecule has 2 aromatic carbocycles. The van der Waals surface area contributed by atoms with Crippen molar-refractivity contribution < 1.29 is 9.84 Å². The summed E-state index contributed by atoms with van der Waals surface area (Å²) in [4.78, 5) is 7.06. The highest BCUT2D eigenvalue weighted by molar-refractivity contribution is 5.65. The molecule has 1 saturated heterocycles. The summed E-state index contributed by atoms with van der Waals surface area (Å²) >= 11 is 0. The minimum atomic E-state index is -0.785. The number of aliphatic hydroxyl groups is 1. The molecule has 0 spiro atoms. The normalized spacial score (nSPS) is 25.9. The molecule has 2 fully saturated rings. The molecule has 2 heterocycles. The Bertz CT molecular complexity index is 1000. The predicted molar refractivity (Wildman–Crippen MR) is 123 cm³/mol. The molecular formula is C27H30N2O2. The van der Waals surface area contributed by atoms with Crippen molar-refractivity contribution >= 4 is 0 Å². The van der Waals surface area contributed by atoms with Crippen LogP contribution >= 0.6 is 0 Å². The van der Waals surface area contributed by atoms with E-state index in [4.69, 9.17) is 4.74 Å². The lowest BCUT2D eigenvalue weighted by molar-refractivity contribution is -0.151. The molecule has 3 aromatic rings. The van der Waals surface area contributed by atoms with Gasteiger partial charge in [-0.05, 0) is 53.8 Å². The monoisotopic (exact) mass is 414 g/mol. The number of pyridine rings is 1. The molecule has 31 heavy (non-hydrogen) atoms. The molecule has 4 nitrogen and oxygen atoms in total. The Kier molecular flexibility index (Phi) is 5.51. The van der Waals surface area contributed by atoms with Gasteiger partial charge < -0.3 is 9.84 Å². The van der Waals surface area contributed by atoms with E-state index in [-0.39, 0.29) is 11.8 Å². The number of fused-ring (bicyclic) bond motifs is 2. The van der Waals surface area contributed by atoms with Gasteiger partial charge in [0.15, 0.2) is 0 Å². The van der Waals surface area contributed by atoms with Gasteiger partial charge in [0.05, 0.1) is 12.8 Å². The van der Waals surface area contributed by atoms with Gasteiger partial charge >= 0.3 is 0 Å².